The third kappa shape index (κ3) is 3.06. The molecule has 0 aliphatic rings. The minimum Gasteiger partial charge on any atom is -0.494 e. The third-order valence-electron chi connectivity index (χ3n) is 2.69. The van der Waals surface area contributed by atoms with E-state index in [0.717, 1.165) is 0 Å². The van der Waals surface area contributed by atoms with Gasteiger partial charge in [0, 0.05) is 12.3 Å². The first-order valence-corrected chi connectivity index (χ1v) is 5.80. The van der Waals surface area contributed by atoms with E-state index >= 15 is 0 Å². The van der Waals surface area contributed by atoms with Crippen LogP contribution < -0.4 is 10.1 Å². The Bertz CT molecular complexity index is 702. The van der Waals surface area contributed by atoms with Gasteiger partial charge in [-0.2, -0.15) is 0 Å². The average molecular weight is 289 g/mol. The molecule has 2 N–H and O–H groups in total. The highest BCUT2D eigenvalue weighted by molar-refractivity contribution is 5.94. The van der Waals surface area contributed by atoms with E-state index in [-0.39, 0.29) is 22.8 Å². The summed E-state index contributed by atoms with van der Waals surface area (Å²) < 4.78 is 5.07. The van der Waals surface area contributed by atoms with E-state index in [1.165, 1.54) is 43.6 Å². The van der Waals surface area contributed by atoms with Crippen molar-refractivity contribution in [2.24, 2.45) is 0 Å². The van der Waals surface area contributed by atoms with Gasteiger partial charge in [0.2, 0.25) is 0 Å². The van der Waals surface area contributed by atoms with Crippen LogP contribution in [-0.4, -0.2) is 28.1 Å². The van der Waals surface area contributed by atoms with Crippen LogP contribution in [0.3, 0.4) is 0 Å². The van der Waals surface area contributed by atoms with Crippen molar-refractivity contribution in [3.8, 4) is 5.75 Å². The fourth-order valence-corrected chi connectivity index (χ4v) is 1.70. The number of non-ortho nitro benzene ring substituents is 1. The molecule has 2 aromatic rings. The Morgan fingerprint density at radius 3 is 2.81 bits per heavy atom. The molecule has 0 saturated heterocycles. The Balaban J connectivity index is 2.40. The zero-order valence-corrected chi connectivity index (χ0v) is 10.9. The molecule has 8 nitrogen and oxygen atoms in total. The van der Waals surface area contributed by atoms with Crippen molar-refractivity contribution in [3.63, 3.8) is 0 Å². The van der Waals surface area contributed by atoms with Gasteiger partial charge in [-0.25, -0.2) is 9.78 Å². The van der Waals surface area contributed by atoms with Gasteiger partial charge in [0.05, 0.1) is 23.8 Å². The molecule has 1 heterocycles. The average Bonchev–Trinajstić information content (AvgIpc) is 2.47. The minimum absolute atomic E-state index is 0.0158. The van der Waals surface area contributed by atoms with Crippen molar-refractivity contribution in [3.05, 3.63) is 52.2 Å². The molecule has 0 saturated carbocycles. The molecule has 0 unspecified atom stereocenters. The fourth-order valence-electron chi connectivity index (χ4n) is 1.70. The van der Waals surface area contributed by atoms with Crippen LogP contribution in [0.2, 0.25) is 0 Å². The van der Waals surface area contributed by atoms with Crippen LogP contribution in [0.4, 0.5) is 17.2 Å². The summed E-state index contributed by atoms with van der Waals surface area (Å²) in [6.45, 7) is 0. The summed E-state index contributed by atoms with van der Waals surface area (Å²) in [5.74, 6) is -0.796. The lowest BCUT2D eigenvalue weighted by Gasteiger charge is -2.11. The molecule has 1 aromatic carbocycles. The second kappa shape index (κ2) is 5.87. The van der Waals surface area contributed by atoms with Crippen LogP contribution in [-0.2, 0) is 0 Å². The van der Waals surface area contributed by atoms with Crippen LogP contribution in [0.5, 0.6) is 5.75 Å². The van der Waals surface area contributed by atoms with E-state index in [1.54, 1.807) is 0 Å². The second-order valence-corrected chi connectivity index (χ2v) is 3.97. The van der Waals surface area contributed by atoms with Crippen molar-refractivity contribution in [2.45, 2.75) is 0 Å². The summed E-state index contributed by atoms with van der Waals surface area (Å²) in [7, 11) is 1.36. The number of hydrogen-bond donors (Lipinski definition) is 2. The predicted octanol–water partition coefficient (Wildman–Crippen LogP) is 2.44. The molecule has 8 heteroatoms. The van der Waals surface area contributed by atoms with E-state index < -0.39 is 10.9 Å². The Labute approximate surface area is 119 Å². The standard InChI is InChI=1S/C13H11N3O5/c1-21-11-7-8(16(19)20)4-5-10(11)15-12-9(13(17)18)3-2-6-14-12/h2-7H,1H3,(H,14,15)(H,17,18). The van der Waals surface area contributed by atoms with Crippen molar-refractivity contribution in [1.29, 1.82) is 0 Å². The minimum atomic E-state index is -1.13. The number of anilines is 2. The number of aromatic nitrogens is 1. The van der Waals surface area contributed by atoms with Gasteiger partial charge >= 0.3 is 5.97 Å². The van der Waals surface area contributed by atoms with Gasteiger partial charge in [0.25, 0.3) is 5.69 Å². The number of pyridine rings is 1. The summed E-state index contributed by atoms with van der Waals surface area (Å²) in [6, 6.07) is 6.86. The van der Waals surface area contributed by atoms with E-state index in [1.807, 2.05) is 0 Å². The number of nitro benzene ring substituents is 1. The molecular weight excluding hydrogens is 278 g/mol. The molecule has 21 heavy (non-hydrogen) atoms. The third-order valence-corrected chi connectivity index (χ3v) is 2.69. The molecule has 0 bridgehead atoms. The summed E-state index contributed by atoms with van der Waals surface area (Å²) in [5, 5.41) is 22.6. The lowest BCUT2D eigenvalue weighted by atomic mass is 10.2. The van der Waals surface area contributed by atoms with Gasteiger partial charge in [-0.1, -0.05) is 0 Å². The topological polar surface area (TPSA) is 115 Å². The Kier molecular flexibility index (Phi) is 3.98. The molecule has 0 aliphatic carbocycles. The number of nitrogens with one attached hydrogen (secondary N) is 1. The van der Waals surface area contributed by atoms with Gasteiger partial charge in [-0.05, 0) is 18.2 Å². The van der Waals surface area contributed by atoms with Crippen LogP contribution >= 0.6 is 0 Å². The number of aromatic carboxylic acids is 1. The Morgan fingerprint density at radius 1 is 1.43 bits per heavy atom. The van der Waals surface area contributed by atoms with Crippen molar-refractivity contribution < 1.29 is 19.6 Å². The quantitative estimate of drug-likeness (QED) is 0.641. The number of ether oxygens (including phenoxy) is 1. The molecular formula is C13H11N3O5. The maximum absolute atomic E-state index is 11.1. The number of nitrogens with zero attached hydrogens (tertiary/aromatic N) is 2. The summed E-state index contributed by atoms with van der Waals surface area (Å²) >= 11 is 0. The highest BCUT2D eigenvalue weighted by atomic mass is 16.6. The number of hydrogen-bond acceptors (Lipinski definition) is 6. The number of nitro groups is 1. The van der Waals surface area contributed by atoms with Crippen molar-refractivity contribution in [1.82, 2.24) is 4.98 Å². The number of carbonyl (C=O) groups is 1. The lowest BCUT2D eigenvalue weighted by Crippen LogP contribution is -2.05. The highest BCUT2D eigenvalue weighted by Gasteiger charge is 2.15. The Hall–Kier alpha value is -3.16. The molecule has 0 spiro atoms. The van der Waals surface area contributed by atoms with E-state index in [4.69, 9.17) is 9.84 Å². The van der Waals surface area contributed by atoms with Gasteiger partial charge in [0.15, 0.2) is 0 Å². The van der Waals surface area contributed by atoms with Gasteiger partial charge < -0.3 is 15.2 Å². The molecule has 2 rings (SSSR count). The van der Waals surface area contributed by atoms with E-state index in [2.05, 4.69) is 10.3 Å². The first-order chi connectivity index (χ1) is 10.0. The van der Waals surface area contributed by atoms with Crippen molar-refractivity contribution in [2.75, 3.05) is 12.4 Å². The van der Waals surface area contributed by atoms with E-state index in [0.29, 0.717) is 5.69 Å². The molecule has 1 aromatic heterocycles. The number of methoxy groups -OCH3 is 1. The summed E-state index contributed by atoms with van der Waals surface area (Å²) in [5.41, 5.74) is 0.235. The lowest BCUT2D eigenvalue weighted by molar-refractivity contribution is -0.384. The maximum atomic E-state index is 11.1. The van der Waals surface area contributed by atoms with Crippen LogP contribution in [0.25, 0.3) is 0 Å². The van der Waals surface area contributed by atoms with Gasteiger partial charge in [-0.3, -0.25) is 10.1 Å². The predicted molar refractivity (Wildman–Crippen MR) is 74.1 cm³/mol. The number of carboxylic acids is 1. The fraction of sp³-hybridized carbons (Fsp3) is 0.0769. The highest BCUT2D eigenvalue weighted by Crippen LogP contribution is 2.31. The second-order valence-electron chi connectivity index (χ2n) is 3.97. The smallest absolute Gasteiger partial charge is 0.339 e. The zero-order chi connectivity index (χ0) is 15.4. The van der Waals surface area contributed by atoms with Gasteiger partial charge in [-0.15, -0.1) is 0 Å². The maximum Gasteiger partial charge on any atom is 0.339 e. The normalized spacial score (nSPS) is 9.95. The molecule has 0 radical (unpaired) electrons. The molecule has 0 amide bonds. The van der Waals surface area contributed by atoms with Crippen molar-refractivity contribution >= 4 is 23.2 Å². The van der Waals surface area contributed by atoms with E-state index in [9.17, 15) is 14.9 Å². The monoisotopic (exact) mass is 289 g/mol. The largest absolute Gasteiger partial charge is 0.494 e. The van der Waals surface area contributed by atoms with Gasteiger partial charge in [0.1, 0.15) is 17.1 Å². The molecule has 108 valence electrons. The zero-order valence-electron chi connectivity index (χ0n) is 10.9. The molecule has 0 atom stereocenters. The number of carboxylic acid groups (broad SMARTS) is 1. The summed E-state index contributed by atoms with van der Waals surface area (Å²) in [4.78, 5) is 25.2. The van der Waals surface area contributed by atoms with Crippen LogP contribution in [0, 0.1) is 10.1 Å². The first kappa shape index (κ1) is 14.3. The molecule has 0 aliphatic heterocycles. The van der Waals surface area contributed by atoms with Crippen LogP contribution in [0.15, 0.2) is 36.5 Å². The number of benzene rings is 1. The Morgan fingerprint density at radius 2 is 2.19 bits per heavy atom. The number of rotatable bonds is 5. The summed E-state index contributed by atoms with van der Waals surface area (Å²) in [6.07, 6.45) is 1.44. The molecule has 0 fully saturated rings. The van der Waals surface area contributed by atoms with Crippen LogP contribution in [0.1, 0.15) is 10.4 Å². The first-order valence-electron chi connectivity index (χ1n) is 5.80. The SMILES string of the molecule is COc1cc([N+](=O)[O-])ccc1Nc1ncccc1C(=O)O.